The Balaban J connectivity index is 2.27. The Labute approximate surface area is 184 Å². The Hall–Kier alpha value is -3.00. The van der Waals surface area contributed by atoms with E-state index in [1.165, 1.54) is 48.7 Å². The first-order valence-electron chi connectivity index (χ1n) is 8.64. The van der Waals surface area contributed by atoms with Gasteiger partial charge in [-0.1, -0.05) is 11.6 Å². The van der Waals surface area contributed by atoms with Crippen molar-refractivity contribution in [3.63, 3.8) is 0 Å². The van der Waals surface area contributed by atoms with Crippen molar-refractivity contribution >= 4 is 37.3 Å². The summed E-state index contributed by atoms with van der Waals surface area (Å²) in [6, 6.07) is 13.1. The van der Waals surface area contributed by atoms with E-state index in [2.05, 4.69) is 9.71 Å². The maximum Gasteiger partial charge on any atom is 0.230 e. The predicted octanol–water partition coefficient (Wildman–Crippen LogP) is 3.68. The molecular weight excluding hydrogens is 465 g/mol. The Morgan fingerprint density at radius 3 is 2.35 bits per heavy atom. The summed E-state index contributed by atoms with van der Waals surface area (Å²) >= 11 is 5.86. The molecule has 1 N–H and O–H groups in total. The number of hydrogen-bond donors (Lipinski definition) is 1. The zero-order valence-electron chi connectivity index (χ0n) is 16.0. The van der Waals surface area contributed by atoms with Gasteiger partial charge in [-0.15, -0.1) is 0 Å². The number of hydrogen-bond acceptors (Lipinski definition) is 6. The smallest absolute Gasteiger partial charge is 0.230 e. The van der Waals surface area contributed by atoms with E-state index in [4.69, 9.17) is 11.6 Å². The van der Waals surface area contributed by atoms with E-state index < -0.39 is 30.9 Å². The van der Waals surface area contributed by atoms with Crippen molar-refractivity contribution in [3.05, 3.63) is 88.3 Å². The van der Waals surface area contributed by atoms with Gasteiger partial charge in [-0.05, 0) is 60.2 Å². The lowest BCUT2D eigenvalue weighted by atomic mass is 10.0. The second-order valence-electron chi connectivity index (χ2n) is 6.58. The molecule has 0 aliphatic carbocycles. The lowest BCUT2D eigenvalue weighted by Crippen LogP contribution is -2.18. The number of nitriles is 1. The minimum absolute atomic E-state index is 0.0603. The molecule has 1 unspecified atom stereocenters. The average molecular weight is 480 g/mol. The number of nitrogens with zero attached hydrogens (tertiary/aromatic N) is 2. The minimum atomic E-state index is -4.24. The number of sulfone groups is 1. The molecule has 11 heteroatoms. The van der Waals surface area contributed by atoms with E-state index in [9.17, 15) is 26.5 Å². The van der Waals surface area contributed by atoms with Crippen LogP contribution < -0.4 is 4.72 Å². The fraction of sp³-hybridized carbons (Fsp3) is 0.100. The van der Waals surface area contributed by atoms with Crippen molar-refractivity contribution in [2.24, 2.45) is 0 Å². The van der Waals surface area contributed by atoms with Gasteiger partial charge in [0.2, 0.25) is 10.0 Å². The molecule has 3 aromatic rings. The van der Waals surface area contributed by atoms with Gasteiger partial charge in [0.1, 0.15) is 16.9 Å². The molecule has 3 rings (SSSR count). The minimum Gasteiger partial charge on any atom is -0.268 e. The van der Waals surface area contributed by atoms with Crippen LogP contribution in [0.1, 0.15) is 21.9 Å². The lowest BCUT2D eigenvalue weighted by Gasteiger charge is -2.20. The zero-order chi connectivity index (χ0) is 22.8. The highest BCUT2D eigenvalue weighted by Crippen LogP contribution is 2.37. The molecule has 0 aliphatic heterocycles. The normalized spacial score (nSPS) is 12.7. The summed E-state index contributed by atoms with van der Waals surface area (Å²) in [5.41, 5.74) is -0.133. The Morgan fingerprint density at radius 2 is 1.74 bits per heavy atom. The monoisotopic (exact) mass is 479 g/mol. The predicted molar refractivity (Wildman–Crippen MR) is 114 cm³/mol. The number of nitrogens with one attached hydrogen (secondary N) is 1. The average Bonchev–Trinajstić information content (AvgIpc) is 2.69. The fourth-order valence-corrected chi connectivity index (χ4v) is 5.38. The second kappa shape index (κ2) is 8.63. The Bertz CT molecular complexity index is 1390. The standard InChI is InChI=1S/C20H15ClFN3O4S2/c1-30(26,27)25-19-11-14(8-9-24-19)20(17-10-13(12-23)2-7-18(17)22)31(28,29)16-5-3-15(21)4-6-16/h2-11,20H,1H3,(H,24,25). The summed E-state index contributed by atoms with van der Waals surface area (Å²) in [4.78, 5) is 3.75. The van der Waals surface area contributed by atoms with Gasteiger partial charge in [-0.2, -0.15) is 5.26 Å². The summed E-state index contributed by atoms with van der Waals surface area (Å²) < 4.78 is 67.2. The van der Waals surface area contributed by atoms with E-state index >= 15 is 0 Å². The maximum absolute atomic E-state index is 14.8. The molecule has 0 fully saturated rings. The Morgan fingerprint density at radius 1 is 1.06 bits per heavy atom. The molecule has 1 aromatic heterocycles. The quantitative estimate of drug-likeness (QED) is 0.576. The molecule has 0 spiro atoms. The molecule has 0 bridgehead atoms. The van der Waals surface area contributed by atoms with Crippen LogP contribution in [0.3, 0.4) is 0 Å². The number of pyridine rings is 1. The number of benzene rings is 2. The third-order valence-corrected chi connectivity index (χ3v) is 7.14. The molecule has 0 radical (unpaired) electrons. The molecule has 7 nitrogen and oxygen atoms in total. The molecule has 0 amide bonds. The van der Waals surface area contributed by atoms with E-state index in [1.54, 1.807) is 0 Å². The molecule has 160 valence electrons. The van der Waals surface area contributed by atoms with Crippen LogP contribution >= 0.6 is 11.6 Å². The highest BCUT2D eigenvalue weighted by Gasteiger charge is 2.33. The SMILES string of the molecule is CS(=O)(=O)Nc1cc(C(c2cc(C#N)ccc2F)S(=O)(=O)c2ccc(Cl)cc2)ccn1. The first-order chi connectivity index (χ1) is 14.5. The first-order valence-corrected chi connectivity index (χ1v) is 12.5. The van der Waals surface area contributed by atoms with Crippen LogP contribution in [0, 0.1) is 17.1 Å². The number of sulfonamides is 1. The topological polar surface area (TPSA) is 117 Å². The van der Waals surface area contributed by atoms with Gasteiger partial charge < -0.3 is 0 Å². The summed E-state index contributed by atoms with van der Waals surface area (Å²) in [5.74, 6) is -0.968. The molecule has 0 saturated heterocycles. The van der Waals surface area contributed by atoms with Gasteiger partial charge in [0, 0.05) is 16.8 Å². The van der Waals surface area contributed by atoms with Gasteiger partial charge >= 0.3 is 0 Å². The molecule has 1 atom stereocenters. The third-order valence-electron chi connectivity index (χ3n) is 4.24. The van der Waals surface area contributed by atoms with Crippen molar-refractivity contribution < 1.29 is 21.2 Å². The van der Waals surface area contributed by atoms with Crippen LogP contribution in [0.15, 0.2) is 65.7 Å². The molecule has 2 aromatic carbocycles. The Kier molecular flexibility index (Phi) is 6.31. The van der Waals surface area contributed by atoms with Gasteiger partial charge in [0.25, 0.3) is 0 Å². The number of rotatable bonds is 6. The fourth-order valence-electron chi connectivity index (χ4n) is 2.96. The first kappa shape index (κ1) is 22.7. The second-order valence-corrected chi connectivity index (χ2v) is 10.8. The van der Waals surface area contributed by atoms with E-state index in [0.29, 0.717) is 5.02 Å². The van der Waals surface area contributed by atoms with E-state index in [0.717, 1.165) is 18.4 Å². The summed E-state index contributed by atoms with van der Waals surface area (Å²) in [7, 11) is -7.93. The summed E-state index contributed by atoms with van der Waals surface area (Å²) in [6.07, 6.45) is 2.12. The van der Waals surface area contributed by atoms with Crippen molar-refractivity contribution in [3.8, 4) is 6.07 Å². The van der Waals surface area contributed by atoms with Crippen LogP contribution in [-0.4, -0.2) is 28.1 Å². The van der Waals surface area contributed by atoms with Crippen LogP contribution in [0.25, 0.3) is 0 Å². The van der Waals surface area contributed by atoms with Crippen LogP contribution in [0.2, 0.25) is 5.02 Å². The van der Waals surface area contributed by atoms with Crippen molar-refractivity contribution in [1.29, 1.82) is 5.26 Å². The van der Waals surface area contributed by atoms with Gasteiger partial charge in [-0.3, -0.25) is 4.72 Å². The van der Waals surface area contributed by atoms with Crippen LogP contribution in [0.4, 0.5) is 10.2 Å². The lowest BCUT2D eigenvalue weighted by molar-refractivity contribution is 0.577. The molecule has 0 aliphatic rings. The van der Waals surface area contributed by atoms with Crippen LogP contribution in [-0.2, 0) is 19.9 Å². The number of aromatic nitrogens is 1. The largest absolute Gasteiger partial charge is 0.268 e. The number of halogens is 2. The van der Waals surface area contributed by atoms with E-state index in [1.807, 2.05) is 6.07 Å². The van der Waals surface area contributed by atoms with Crippen molar-refractivity contribution in [2.75, 3.05) is 11.0 Å². The third kappa shape index (κ3) is 5.19. The maximum atomic E-state index is 14.8. The van der Waals surface area contributed by atoms with Crippen molar-refractivity contribution in [1.82, 2.24) is 4.98 Å². The summed E-state index contributed by atoms with van der Waals surface area (Å²) in [6.45, 7) is 0. The molecule has 0 saturated carbocycles. The highest BCUT2D eigenvalue weighted by atomic mass is 35.5. The van der Waals surface area contributed by atoms with Gasteiger partial charge in [-0.25, -0.2) is 26.2 Å². The van der Waals surface area contributed by atoms with E-state index in [-0.39, 0.29) is 27.4 Å². The highest BCUT2D eigenvalue weighted by molar-refractivity contribution is 7.92. The number of anilines is 1. The van der Waals surface area contributed by atoms with Crippen LogP contribution in [0.5, 0.6) is 0 Å². The molecule has 31 heavy (non-hydrogen) atoms. The summed E-state index contributed by atoms with van der Waals surface area (Å²) in [5, 5.41) is 7.94. The molecular formula is C20H15ClFN3O4S2. The molecule has 1 heterocycles. The zero-order valence-corrected chi connectivity index (χ0v) is 18.3. The van der Waals surface area contributed by atoms with Gasteiger partial charge in [0.05, 0.1) is 22.8 Å². The van der Waals surface area contributed by atoms with Crippen molar-refractivity contribution in [2.45, 2.75) is 10.1 Å². The van der Waals surface area contributed by atoms with Gasteiger partial charge in [0.15, 0.2) is 9.84 Å².